The normalized spacial score (nSPS) is 24.7. The van der Waals surface area contributed by atoms with E-state index in [9.17, 15) is 0 Å². The molecule has 2 aliphatic heterocycles. The fourth-order valence-electron chi connectivity index (χ4n) is 4.32. The van der Waals surface area contributed by atoms with E-state index >= 15 is 0 Å². The quantitative estimate of drug-likeness (QED) is 0.490. The third-order valence-corrected chi connectivity index (χ3v) is 26.9. The number of hydrogen-bond acceptors (Lipinski definition) is 1. The van der Waals surface area contributed by atoms with Crippen molar-refractivity contribution in [3.05, 3.63) is 64.2 Å². The van der Waals surface area contributed by atoms with Crippen LogP contribution in [-0.4, -0.2) is 28.3 Å². The fraction of sp³-hybridized carbons (Fsp3) is 0.429. The van der Waals surface area contributed by atoms with Crippen LogP contribution in [0.5, 0.6) is 0 Å². The van der Waals surface area contributed by atoms with Crippen molar-refractivity contribution >= 4 is 28.3 Å². The molecule has 0 unspecified atom stereocenters. The molecule has 3 aliphatic rings. The van der Waals surface area contributed by atoms with Crippen LogP contribution in [0.2, 0.25) is 4.75 Å². The Bertz CT molecular complexity index is 727. The van der Waals surface area contributed by atoms with E-state index in [1.54, 1.807) is 17.6 Å². The van der Waals surface area contributed by atoms with Gasteiger partial charge in [0.25, 0.3) is 0 Å². The molecule has 1 nitrogen and oxygen atoms in total. The topological polar surface area (TPSA) is 9.23 Å². The van der Waals surface area contributed by atoms with Crippen molar-refractivity contribution in [2.75, 3.05) is 0 Å². The van der Waals surface area contributed by atoms with Crippen LogP contribution >= 0.6 is 0 Å². The molecule has 3 heteroatoms. The molecule has 1 radical (unpaired) electrons. The Kier molecular flexibility index (Phi) is 4.82. The van der Waals surface area contributed by atoms with Crippen molar-refractivity contribution in [1.29, 1.82) is 0 Å². The third kappa shape index (κ3) is 2.39. The average molecular weight is 443 g/mol. The van der Waals surface area contributed by atoms with E-state index in [1.165, 1.54) is 22.3 Å². The first-order valence-electron chi connectivity index (χ1n) is 8.86. The van der Waals surface area contributed by atoms with Gasteiger partial charge in [0, 0.05) is 0 Å². The Balaban J connectivity index is 2.14. The van der Waals surface area contributed by atoms with Gasteiger partial charge in [-0.1, -0.05) is 0 Å². The van der Waals surface area contributed by atoms with Gasteiger partial charge in [0.2, 0.25) is 0 Å². The maximum absolute atomic E-state index is 7.39. The molecular weight excluding hydrogens is 413 g/mol. The molecule has 24 heavy (non-hydrogen) atoms. The van der Waals surface area contributed by atoms with E-state index < -0.39 is 28.3 Å². The zero-order valence-corrected chi connectivity index (χ0v) is 20.5. The van der Waals surface area contributed by atoms with Crippen molar-refractivity contribution in [3.8, 4) is 0 Å². The standard InChI is InChI=1S/C21H29Ge2O/c1-13-14(2)18(6)22(17(13)5)24-23(21-11-9-10-12-21)19(7)15(3)16(4)20(23)8/h9-12,21H,1-8H3. The summed E-state index contributed by atoms with van der Waals surface area (Å²) in [7, 11) is 0. The van der Waals surface area contributed by atoms with Gasteiger partial charge >= 0.3 is 155 Å². The van der Waals surface area contributed by atoms with Gasteiger partial charge in [0.1, 0.15) is 0 Å². The number of allylic oxidation sites excluding steroid dienone is 12. The molecule has 0 atom stereocenters. The summed E-state index contributed by atoms with van der Waals surface area (Å²) in [4.78, 5) is 0. The van der Waals surface area contributed by atoms with E-state index in [-0.39, 0.29) is 0 Å². The Morgan fingerprint density at radius 2 is 1.12 bits per heavy atom. The molecule has 1 aliphatic carbocycles. The molecule has 127 valence electrons. The summed E-state index contributed by atoms with van der Waals surface area (Å²) in [5.74, 6) is 0. The molecule has 0 bridgehead atoms. The van der Waals surface area contributed by atoms with E-state index in [1.807, 2.05) is 0 Å². The molecule has 0 fully saturated rings. The molecule has 0 amide bonds. The second kappa shape index (κ2) is 6.33. The van der Waals surface area contributed by atoms with Gasteiger partial charge in [-0.2, -0.15) is 0 Å². The maximum atomic E-state index is 7.39. The van der Waals surface area contributed by atoms with Crippen molar-refractivity contribution < 1.29 is 2.79 Å². The van der Waals surface area contributed by atoms with Gasteiger partial charge in [0.05, 0.1) is 0 Å². The molecule has 0 saturated heterocycles. The van der Waals surface area contributed by atoms with E-state index in [0.717, 1.165) is 0 Å². The molecule has 0 N–H and O–H groups in total. The monoisotopic (exact) mass is 445 g/mol. The Morgan fingerprint density at radius 1 is 0.708 bits per heavy atom. The summed E-state index contributed by atoms with van der Waals surface area (Å²) in [5.41, 5.74) is 5.98. The van der Waals surface area contributed by atoms with Crippen molar-refractivity contribution in [2.45, 2.75) is 60.1 Å². The zero-order chi connectivity index (χ0) is 17.8. The third-order valence-electron chi connectivity index (χ3n) is 6.65. The molecule has 0 aromatic carbocycles. The Morgan fingerprint density at radius 3 is 1.54 bits per heavy atom. The molecule has 2 heterocycles. The molecule has 0 aromatic heterocycles. The van der Waals surface area contributed by atoms with Crippen molar-refractivity contribution in [3.63, 3.8) is 0 Å². The summed E-state index contributed by atoms with van der Waals surface area (Å²) in [5, 5.41) is 0. The van der Waals surface area contributed by atoms with Crippen LogP contribution in [0.15, 0.2) is 64.2 Å². The summed E-state index contributed by atoms with van der Waals surface area (Å²) >= 11 is -4.62. The molecule has 0 saturated carbocycles. The predicted octanol–water partition coefficient (Wildman–Crippen LogP) is 5.97. The molecule has 0 spiro atoms. The zero-order valence-electron chi connectivity index (χ0n) is 16.3. The second-order valence-corrected chi connectivity index (χ2v) is 22.3. The van der Waals surface area contributed by atoms with Gasteiger partial charge < -0.3 is 0 Å². The number of rotatable bonds is 3. The van der Waals surface area contributed by atoms with Crippen LogP contribution in [0.1, 0.15) is 55.4 Å². The Labute approximate surface area is 155 Å². The van der Waals surface area contributed by atoms with Crippen LogP contribution in [0.25, 0.3) is 0 Å². The van der Waals surface area contributed by atoms with Gasteiger partial charge in [-0.3, -0.25) is 0 Å². The van der Waals surface area contributed by atoms with Crippen LogP contribution < -0.4 is 0 Å². The minimum absolute atomic E-state index is 0.499. The summed E-state index contributed by atoms with van der Waals surface area (Å²) < 4.78 is 14.2. The first-order chi connectivity index (χ1) is 11.2. The molecular formula is C21H29Ge2O. The first-order valence-corrected chi connectivity index (χ1v) is 16.0. The SMILES string of the molecule is CC1=[C](C)[Ge]([O][Ge]2([CH]3C=CC=C3)[C](C)=C(C)C(C)=[C]2C)[C](C)=C1C. The minimum atomic E-state index is -2.80. The van der Waals surface area contributed by atoms with E-state index in [4.69, 9.17) is 2.79 Å². The predicted molar refractivity (Wildman–Crippen MR) is 108 cm³/mol. The van der Waals surface area contributed by atoms with Crippen molar-refractivity contribution in [2.24, 2.45) is 0 Å². The van der Waals surface area contributed by atoms with E-state index in [2.05, 4.69) is 79.7 Å². The van der Waals surface area contributed by atoms with Crippen LogP contribution in [0, 0.1) is 0 Å². The van der Waals surface area contributed by atoms with Gasteiger partial charge in [-0.25, -0.2) is 0 Å². The molecule has 3 rings (SSSR count). The van der Waals surface area contributed by atoms with Gasteiger partial charge in [-0.15, -0.1) is 0 Å². The van der Waals surface area contributed by atoms with Gasteiger partial charge in [-0.05, 0) is 0 Å². The van der Waals surface area contributed by atoms with Crippen LogP contribution in [0.3, 0.4) is 0 Å². The summed E-state index contributed by atoms with van der Waals surface area (Å²) in [6.07, 6.45) is 9.21. The van der Waals surface area contributed by atoms with Crippen LogP contribution in [0.4, 0.5) is 0 Å². The van der Waals surface area contributed by atoms with Crippen LogP contribution in [-0.2, 0) is 2.79 Å². The first kappa shape index (κ1) is 18.3. The molecule has 0 aromatic rings. The summed E-state index contributed by atoms with van der Waals surface area (Å²) in [6, 6.07) is 0. The average Bonchev–Trinajstić information content (AvgIpc) is 3.21. The van der Waals surface area contributed by atoms with E-state index in [0.29, 0.717) is 4.75 Å². The van der Waals surface area contributed by atoms with Crippen molar-refractivity contribution in [1.82, 2.24) is 0 Å². The second-order valence-electron chi connectivity index (χ2n) is 7.46. The number of hydrogen-bond donors (Lipinski definition) is 0. The fourth-order valence-corrected chi connectivity index (χ4v) is 29.6. The summed E-state index contributed by atoms with van der Waals surface area (Å²) in [6.45, 7) is 18.5. The Hall–Kier alpha value is -0.514. The van der Waals surface area contributed by atoms with Gasteiger partial charge in [0.15, 0.2) is 0 Å².